The zero-order valence-corrected chi connectivity index (χ0v) is 11.2. The van der Waals surface area contributed by atoms with Gasteiger partial charge in [-0.1, -0.05) is 58.0 Å². The predicted molar refractivity (Wildman–Crippen MR) is 66.2 cm³/mol. The molecule has 0 aliphatic heterocycles. The summed E-state index contributed by atoms with van der Waals surface area (Å²) in [6.07, 6.45) is 0. The molecule has 0 aromatic heterocycles. The maximum atomic E-state index is 14.4. The summed E-state index contributed by atoms with van der Waals surface area (Å²) in [7, 11) is -4.50. The third-order valence-corrected chi connectivity index (χ3v) is 5.27. The highest BCUT2D eigenvalue weighted by atomic mass is 28.4. The summed E-state index contributed by atoms with van der Waals surface area (Å²) in [6, 6.07) is 7.91. The average Bonchev–Trinajstić information content (AvgIpc) is 2.17. The lowest BCUT2D eigenvalue weighted by Crippen LogP contribution is -2.61. The molecule has 1 nitrogen and oxygen atoms in total. The van der Waals surface area contributed by atoms with E-state index in [4.69, 9.17) is 0 Å². The highest BCUT2D eigenvalue weighted by molar-refractivity contribution is 6.77. The van der Waals surface area contributed by atoms with Crippen molar-refractivity contribution in [2.75, 3.05) is 0 Å². The molecule has 1 aromatic carbocycles. The van der Waals surface area contributed by atoms with E-state index in [1.807, 2.05) is 27.7 Å². The lowest BCUT2D eigenvalue weighted by Gasteiger charge is -2.35. The van der Waals surface area contributed by atoms with Crippen molar-refractivity contribution in [3.63, 3.8) is 0 Å². The standard InChI is InChI=1S/C12H19F2NSi/c1-10(2)15(11(3)4)16(13,14)12-8-6-5-7-9-12/h5-11H,1-4H3. The molecule has 0 fully saturated rings. The molecule has 0 bridgehead atoms. The second kappa shape index (κ2) is 5.06. The maximum absolute atomic E-state index is 14.4. The van der Waals surface area contributed by atoms with Crippen LogP contribution in [0.1, 0.15) is 27.7 Å². The van der Waals surface area contributed by atoms with Gasteiger partial charge in [-0.05, 0) is 0 Å². The van der Waals surface area contributed by atoms with E-state index in [2.05, 4.69) is 0 Å². The lowest BCUT2D eigenvalue weighted by molar-refractivity contribution is 0.246. The van der Waals surface area contributed by atoms with E-state index < -0.39 is 8.90 Å². The number of benzene rings is 1. The third kappa shape index (κ3) is 2.68. The topological polar surface area (TPSA) is 3.24 Å². The first-order chi connectivity index (χ1) is 7.37. The minimum Gasteiger partial charge on any atom is -0.265 e. The number of rotatable bonds is 4. The molecule has 0 saturated heterocycles. The molecule has 0 aliphatic rings. The molecule has 0 spiro atoms. The molecule has 1 rings (SSSR count). The van der Waals surface area contributed by atoms with Gasteiger partial charge < -0.3 is 0 Å². The van der Waals surface area contributed by atoms with Crippen LogP contribution >= 0.6 is 0 Å². The van der Waals surface area contributed by atoms with E-state index in [-0.39, 0.29) is 17.3 Å². The van der Waals surface area contributed by atoms with Gasteiger partial charge in [-0.2, -0.15) is 0 Å². The van der Waals surface area contributed by atoms with Gasteiger partial charge in [0.05, 0.1) is 0 Å². The minimum absolute atomic E-state index is 0.137. The van der Waals surface area contributed by atoms with Crippen LogP contribution in [-0.2, 0) is 0 Å². The smallest absolute Gasteiger partial charge is 0.265 e. The molecule has 0 aliphatic carbocycles. The lowest BCUT2D eigenvalue weighted by atomic mass is 10.3. The molecule has 0 saturated carbocycles. The molecule has 0 amide bonds. The molecule has 0 atom stereocenters. The predicted octanol–water partition coefficient (Wildman–Crippen LogP) is 2.89. The maximum Gasteiger partial charge on any atom is 0.540 e. The molecule has 4 heteroatoms. The van der Waals surface area contributed by atoms with Crippen LogP contribution in [0.5, 0.6) is 0 Å². The molecule has 0 heterocycles. The summed E-state index contributed by atoms with van der Waals surface area (Å²) in [6.45, 7) is 7.29. The Hall–Kier alpha value is -0.743. The highest BCUT2D eigenvalue weighted by Crippen LogP contribution is 2.20. The van der Waals surface area contributed by atoms with Crippen molar-refractivity contribution in [2.45, 2.75) is 39.8 Å². The molecular weight excluding hydrogens is 224 g/mol. The zero-order chi connectivity index (χ0) is 12.3. The molecule has 1 aromatic rings. The Morgan fingerprint density at radius 2 is 1.38 bits per heavy atom. The van der Waals surface area contributed by atoms with Crippen molar-refractivity contribution in [3.8, 4) is 0 Å². The van der Waals surface area contributed by atoms with Gasteiger partial charge in [0.15, 0.2) is 0 Å². The van der Waals surface area contributed by atoms with E-state index in [0.717, 1.165) is 0 Å². The van der Waals surface area contributed by atoms with E-state index in [0.29, 0.717) is 0 Å². The van der Waals surface area contributed by atoms with Crippen LogP contribution in [0.25, 0.3) is 0 Å². The molecule has 0 radical (unpaired) electrons. The zero-order valence-electron chi connectivity index (χ0n) is 10.2. The van der Waals surface area contributed by atoms with Crippen LogP contribution in [0.3, 0.4) is 0 Å². The SMILES string of the molecule is CC(C)N(C(C)C)[Si](F)(F)c1ccccc1. The summed E-state index contributed by atoms with van der Waals surface area (Å²) in [5, 5.41) is 0.192. The van der Waals surface area contributed by atoms with Gasteiger partial charge in [-0.25, -0.2) is 8.22 Å². The third-order valence-electron chi connectivity index (χ3n) is 2.56. The first-order valence-corrected chi connectivity index (χ1v) is 7.29. The molecular formula is C12H19F2NSi. The Morgan fingerprint density at radius 1 is 0.938 bits per heavy atom. The largest absolute Gasteiger partial charge is 0.540 e. The Balaban J connectivity index is 3.08. The number of hydrogen-bond acceptors (Lipinski definition) is 1. The van der Waals surface area contributed by atoms with Gasteiger partial charge >= 0.3 is 8.90 Å². The van der Waals surface area contributed by atoms with Crippen LogP contribution in [0.15, 0.2) is 30.3 Å². The van der Waals surface area contributed by atoms with E-state index >= 15 is 0 Å². The van der Waals surface area contributed by atoms with Gasteiger partial charge in [0.1, 0.15) is 0 Å². The van der Waals surface area contributed by atoms with E-state index in [9.17, 15) is 8.22 Å². The molecule has 16 heavy (non-hydrogen) atoms. The van der Waals surface area contributed by atoms with Gasteiger partial charge in [-0.3, -0.25) is 4.57 Å². The van der Waals surface area contributed by atoms with Crippen molar-refractivity contribution in [3.05, 3.63) is 30.3 Å². The second-order valence-electron chi connectivity index (χ2n) is 4.50. The van der Waals surface area contributed by atoms with Crippen LogP contribution in [0.4, 0.5) is 8.22 Å². The fraction of sp³-hybridized carbons (Fsp3) is 0.500. The van der Waals surface area contributed by atoms with E-state index in [1.54, 1.807) is 18.2 Å². The van der Waals surface area contributed by atoms with Crippen molar-refractivity contribution in [1.82, 2.24) is 4.57 Å². The Morgan fingerprint density at radius 3 is 1.75 bits per heavy atom. The molecule has 90 valence electrons. The Bertz CT molecular complexity index is 317. The van der Waals surface area contributed by atoms with Crippen molar-refractivity contribution < 1.29 is 8.22 Å². The molecule has 0 N–H and O–H groups in total. The number of hydrogen-bond donors (Lipinski definition) is 0. The number of halogens is 2. The minimum atomic E-state index is -4.50. The Labute approximate surface area is 97.5 Å². The summed E-state index contributed by atoms with van der Waals surface area (Å²) in [5.74, 6) is 0. The fourth-order valence-corrected chi connectivity index (χ4v) is 4.22. The summed E-state index contributed by atoms with van der Waals surface area (Å²) >= 11 is 0. The average molecular weight is 243 g/mol. The van der Waals surface area contributed by atoms with Crippen LogP contribution in [-0.4, -0.2) is 25.6 Å². The summed E-state index contributed by atoms with van der Waals surface area (Å²) in [5.41, 5.74) is 0. The highest BCUT2D eigenvalue weighted by Gasteiger charge is 2.48. The monoisotopic (exact) mass is 243 g/mol. The van der Waals surface area contributed by atoms with E-state index in [1.165, 1.54) is 16.7 Å². The number of nitrogens with zero attached hydrogens (tertiary/aromatic N) is 1. The quantitative estimate of drug-likeness (QED) is 0.580. The molecule has 0 unspecified atom stereocenters. The summed E-state index contributed by atoms with van der Waals surface area (Å²) < 4.78 is 30.1. The van der Waals surface area contributed by atoms with Crippen molar-refractivity contribution in [2.24, 2.45) is 0 Å². The normalized spacial score (nSPS) is 12.8. The fourth-order valence-electron chi connectivity index (χ4n) is 2.03. The van der Waals surface area contributed by atoms with Crippen LogP contribution < -0.4 is 5.19 Å². The van der Waals surface area contributed by atoms with Gasteiger partial charge in [0.2, 0.25) is 0 Å². The van der Waals surface area contributed by atoms with Crippen molar-refractivity contribution in [1.29, 1.82) is 0 Å². The second-order valence-corrected chi connectivity index (χ2v) is 6.68. The Kier molecular flexibility index (Phi) is 4.21. The van der Waals surface area contributed by atoms with Gasteiger partial charge in [-0.15, -0.1) is 0 Å². The first-order valence-electron chi connectivity index (χ1n) is 5.59. The van der Waals surface area contributed by atoms with Crippen LogP contribution in [0, 0.1) is 0 Å². The van der Waals surface area contributed by atoms with Gasteiger partial charge in [0, 0.05) is 17.3 Å². The summed E-state index contributed by atoms with van der Waals surface area (Å²) in [4.78, 5) is 0. The van der Waals surface area contributed by atoms with Gasteiger partial charge in [0.25, 0.3) is 0 Å². The van der Waals surface area contributed by atoms with Crippen LogP contribution in [0.2, 0.25) is 0 Å². The van der Waals surface area contributed by atoms with Crippen molar-refractivity contribution >= 4 is 14.1 Å². The first kappa shape index (κ1) is 13.3.